The first-order valence-corrected chi connectivity index (χ1v) is 9.97. The van der Waals surface area contributed by atoms with Gasteiger partial charge < -0.3 is 20.2 Å². The second-order valence-corrected chi connectivity index (χ2v) is 7.19. The zero-order valence-corrected chi connectivity index (χ0v) is 16.2. The van der Waals surface area contributed by atoms with Gasteiger partial charge in [-0.05, 0) is 37.5 Å². The number of nitrogens with one attached hydrogen (secondary N) is 1. The van der Waals surface area contributed by atoms with Crippen molar-refractivity contribution >= 4 is 11.9 Å². The molecule has 7 heteroatoms. The van der Waals surface area contributed by atoms with E-state index in [1.807, 2.05) is 17.0 Å². The van der Waals surface area contributed by atoms with Crippen molar-refractivity contribution in [2.45, 2.75) is 26.3 Å². The fraction of sp³-hybridized carbons (Fsp3) is 0.600. The number of amides is 1. The molecule has 2 saturated heterocycles. The van der Waals surface area contributed by atoms with Crippen LogP contribution in [-0.4, -0.2) is 84.0 Å². The summed E-state index contributed by atoms with van der Waals surface area (Å²) in [5.41, 5.74) is 1.07. The Balaban J connectivity index is 1.50. The Morgan fingerprint density at radius 3 is 2.33 bits per heavy atom. The van der Waals surface area contributed by atoms with Crippen LogP contribution < -0.4 is 5.32 Å². The summed E-state index contributed by atoms with van der Waals surface area (Å²) >= 11 is 0. The number of guanidine groups is 1. The highest BCUT2D eigenvalue weighted by Gasteiger charge is 2.24. The van der Waals surface area contributed by atoms with E-state index in [9.17, 15) is 9.90 Å². The summed E-state index contributed by atoms with van der Waals surface area (Å²) in [6.07, 6.45) is 2.28. The van der Waals surface area contributed by atoms with Gasteiger partial charge in [0, 0.05) is 45.8 Å². The molecule has 2 aliphatic rings. The minimum Gasteiger partial charge on any atom is -0.508 e. The molecule has 0 unspecified atom stereocenters. The van der Waals surface area contributed by atoms with Crippen LogP contribution in [0.3, 0.4) is 0 Å². The zero-order chi connectivity index (χ0) is 19.1. The second-order valence-electron chi connectivity index (χ2n) is 7.19. The van der Waals surface area contributed by atoms with Crippen molar-refractivity contribution in [2.75, 3.05) is 52.4 Å². The molecule has 27 heavy (non-hydrogen) atoms. The molecule has 7 nitrogen and oxygen atoms in total. The Morgan fingerprint density at radius 2 is 1.70 bits per heavy atom. The number of carbonyl (C=O) groups is 1. The summed E-state index contributed by atoms with van der Waals surface area (Å²) in [5.74, 6) is 1.46. The number of benzene rings is 1. The first kappa shape index (κ1) is 19.5. The Kier molecular flexibility index (Phi) is 6.92. The van der Waals surface area contributed by atoms with Gasteiger partial charge in [-0.2, -0.15) is 0 Å². The maximum atomic E-state index is 12.3. The Morgan fingerprint density at radius 1 is 1.04 bits per heavy atom. The third-order valence-corrected chi connectivity index (χ3v) is 5.17. The van der Waals surface area contributed by atoms with Crippen molar-refractivity contribution in [3.63, 3.8) is 0 Å². The molecule has 0 radical (unpaired) electrons. The molecule has 2 fully saturated rings. The molecular formula is C20H31N5O2. The monoisotopic (exact) mass is 373 g/mol. The Bertz CT molecular complexity index is 632. The average molecular weight is 374 g/mol. The molecule has 3 rings (SSSR count). The van der Waals surface area contributed by atoms with Crippen LogP contribution in [0.2, 0.25) is 0 Å². The highest BCUT2D eigenvalue weighted by molar-refractivity contribution is 5.80. The molecule has 2 heterocycles. The lowest BCUT2D eigenvalue weighted by Gasteiger charge is -2.36. The van der Waals surface area contributed by atoms with Gasteiger partial charge in [0.15, 0.2) is 5.96 Å². The molecule has 2 N–H and O–H groups in total. The van der Waals surface area contributed by atoms with Crippen molar-refractivity contribution in [2.24, 2.45) is 4.99 Å². The maximum Gasteiger partial charge on any atom is 0.236 e. The van der Waals surface area contributed by atoms with E-state index < -0.39 is 0 Å². The van der Waals surface area contributed by atoms with Crippen LogP contribution in [0.15, 0.2) is 29.3 Å². The van der Waals surface area contributed by atoms with Crippen molar-refractivity contribution < 1.29 is 9.90 Å². The van der Waals surface area contributed by atoms with E-state index in [0.29, 0.717) is 13.1 Å². The minimum atomic E-state index is 0.272. The molecule has 1 amide bonds. The van der Waals surface area contributed by atoms with Crippen molar-refractivity contribution in [3.05, 3.63) is 29.8 Å². The third kappa shape index (κ3) is 5.60. The predicted octanol–water partition coefficient (Wildman–Crippen LogP) is 1.10. The summed E-state index contributed by atoms with van der Waals surface area (Å²) in [4.78, 5) is 23.6. The van der Waals surface area contributed by atoms with Crippen LogP contribution >= 0.6 is 0 Å². The van der Waals surface area contributed by atoms with E-state index in [4.69, 9.17) is 4.99 Å². The van der Waals surface area contributed by atoms with Crippen molar-refractivity contribution in [1.29, 1.82) is 0 Å². The molecule has 0 spiro atoms. The van der Waals surface area contributed by atoms with Gasteiger partial charge in [-0.25, -0.2) is 4.99 Å². The largest absolute Gasteiger partial charge is 0.508 e. The maximum absolute atomic E-state index is 12.3. The molecule has 148 valence electrons. The number of rotatable bonds is 5. The van der Waals surface area contributed by atoms with Gasteiger partial charge in [0.1, 0.15) is 5.75 Å². The predicted molar refractivity (Wildman–Crippen MR) is 107 cm³/mol. The normalized spacial score (nSPS) is 18.8. The zero-order valence-electron chi connectivity index (χ0n) is 16.2. The highest BCUT2D eigenvalue weighted by Crippen LogP contribution is 2.12. The van der Waals surface area contributed by atoms with E-state index in [2.05, 4.69) is 22.0 Å². The van der Waals surface area contributed by atoms with Crippen LogP contribution in [-0.2, 0) is 11.3 Å². The molecule has 0 aromatic heterocycles. The minimum absolute atomic E-state index is 0.272. The fourth-order valence-corrected chi connectivity index (χ4v) is 3.57. The first-order valence-electron chi connectivity index (χ1n) is 9.97. The topological polar surface area (TPSA) is 71.4 Å². The summed E-state index contributed by atoms with van der Waals surface area (Å²) < 4.78 is 0. The lowest BCUT2D eigenvalue weighted by molar-refractivity contribution is -0.131. The van der Waals surface area contributed by atoms with Gasteiger partial charge in [0.05, 0.1) is 13.1 Å². The number of piperazine rings is 1. The summed E-state index contributed by atoms with van der Waals surface area (Å²) in [6.45, 7) is 9.35. The smallest absolute Gasteiger partial charge is 0.236 e. The Labute approximate surface area is 161 Å². The summed E-state index contributed by atoms with van der Waals surface area (Å²) in [5, 5.41) is 12.8. The number of likely N-dealkylation sites (tertiary alicyclic amines) is 1. The number of aliphatic imine (C=N–C) groups is 1. The quantitative estimate of drug-likeness (QED) is 0.597. The fourth-order valence-electron chi connectivity index (χ4n) is 3.57. The van der Waals surface area contributed by atoms with Gasteiger partial charge in [-0.3, -0.25) is 9.69 Å². The van der Waals surface area contributed by atoms with Crippen LogP contribution in [0.1, 0.15) is 25.3 Å². The number of hydrogen-bond donors (Lipinski definition) is 2. The number of hydrogen-bond acceptors (Lipinski definition) is 4. The van der Waals surface area contributed by atoms with Crippen LogP contribution in [0.5, 0.6) is 5.75 Å². The van der Waals surface area contributed by atoms with E-state index in [1.54, 1.807) is 12.1 Å². The number of nitrogens with zero attached hydrogens (tertiary/aromatic N) is 4. The number of carbonyl (C=O) groups excluding carboxylic acids is 1. The summed E-state index contributed by atoms with van der Waals surface area (Å²) in [7, 11) is 0. The lowest BCUT2D eigenvalue weighted by atomic mass is 10.2. The molecule has 0 atom stereocenters. The van der Waals surface area contributed by atoms with Gasteiger partial charge in [-0.15, -0.1) is 0 Å². The molecule has 1 aromatic rings. The summed E-state index contributed by atoms with van der Waals surface area (Å²) in [6, 6.07) is 7.16. The number of phenolic OH excluding ortho intramolecular Hbond substituents is 1. The molecule has 0 saturated carbocycles. The Hall–Kier alpha value is -2.28. The van der Waals surface area contributed by atoms with Gasteiger partial charge >= 0.3 is 0 Å². The van der Waals surface area contributed by atoms with Gasteiger partial charge in [0.25, 0.3) is 0 Å². The van der Waals surface area contributed by atoms with Crippen molar-refractivity contribution in [1.82, 2.24) is 20.0 Å². The van der Waals surface area contributed by atoms with Gasteiger partial charge in [0.2, 0.25) is 5.91 Å². The molecule has 0 aliphatic carbocycles. The van der Waals surface area contributed by atoms with E-state index in [0.717, 1.165) is 70.2 Å². The van der Waals surface area contributed by atoms with Crippen LogP contribution in [0.25, 0.3) is 0 Å². The average Bonchev–Trinajstić information content (AvgIpc) is 3.22. The van der Waals surface area contributed by atoms with E-state index in [1.165, 1.54) is 0 Å². The van der Waals surface area contributed by atoms with E-state index in [-0.39, 0.29) is 11.7 Å². The first-order chi connectivity index (χ1) is 13.2. The number of aromatic hydroxyl groups is 1. The van der Waals surface area contributed by atoms with Crippen LogP contribution in [0, 0.1) is 0 Å². The lowest BCUT2D eigenvalue weighted by Crippen LogP contribution is -2.54. The third-order valence-electron chi connectivity index (χ3n) is 5.17. The second kappa shape index (κ2) is 9.60. The molecule has 1 aromatic carbocycles. The highest BCUT2D eigenvalue weighted by atomic mass is 16.3. The molecule has 2 aliphatic heterocycles. The van der Waals surface area contributed by atoms with Crippen LogP contribution in [0.4, 0.5) is 0 Å². The van der Waals surface area contributed by atoms with Crippen molar-refractivity contribution in [3.8, 4) is 5.75 Å². The SMILES string of the molecule is CCNC(=NCc1ccc(O)cc1)N1CCN(CC(=O)N2CCCC2)CC1. The van der Waals surface area contributed by atoms with E-state index >= 15 is 0 Å². The molecule has 0 bridgehead atoms. The standard InChI is InChI=1S/C20H31N5O2/c1-2-21-20(22-15-17-5-7-18(26)8-6-17)25-13-11-23(12-14-25)16-19(27)24-9-3-4-10-24/h5-8,26H,2-4,9-16H2,1H3,(H,21,22). The van der Waals surface area contributed by atoms with Gasteiger partial charge in [-0.1, -0.05) is 12.1 Å². The molecular weight excluding hydrogens is 342 g/mol. The number of phenols is 1.